The maximum absolute atomic E-state index is 12.5. The molecule has 100 valence electrons. The number of aryl methyl sites for hydroxylation is 1. The Kier molecular flexibility index (Phi) is 3.90. The fourth-order valence-electron chi connectivity index (χ4n) is 1.46. The number of hydrogen-bond donors (Lipinski definition) is 1. The van der Waals surface area contributed by atoms with E-state index in [1.807, 2.05) is 19.1 Å². The van der Waals surface area contributed by atoms with E-state index < -0.39 is 11.7 Å². The quantitative estimate of drug-likeness (QED) is 0.650. The SMILES string of the molecule is Cc1ccc(C=NNc2cccc(C(F)(F)F)c2)s1. The smallest absolute Gasteiger partial charge is 0.278 e. The van der Waals surface area contributed by atoms with Gasteiger partial charge in [-0.3, -0.25) is 5.43 Å². The highest BCUT2D eigenvalue weighted by atomic mass is 32.1. The van der Waals surface area contributed by atoms with E-state index in [4.69, 9.17) is 0 Å². The molecule has 0 aliphatic rings. The molecule has 0 saturated carbocycles. The van der Waals surface area contributed by atoms with Gasteiger partial charge in [0.15, 0.2) is 0 Å². The molecule has 0 aliphatic carbocycles. The maximum Gasteiger partial charge on any atom is 0.416 e. The molecule has 2 aromatic rings. The van der Waals surface area contributed by atoms with Crippen LogP contribution in [0, 0.1) is 6.92 Å². The molecule has 0 spiro atoms. The average molecular weight is 284 g/mol. The summed E-state index contributed by atoms with van der Waals surface area (Å²) >= 11 is 1.56. The molecule has 6 heteroatoms. The van der Waals surface area contributed by atoms with Gasteiger partial charge in [0.25, 0.3) is 0 Å². The number of hydrazone groups is 1. The topological polar surface area (TPSA) is 24.4 Å². The molecule has 0 atom stereocenters. The highest BCUT2D eigenvalue weighted by molar-refractivity contribution is 7.13. The van der Waals surface area contributed by atoms with E-state index in [1.165, 1.54) is 12.1 Å². The number of rotatable bonds is 3. The number of hydrogen-bond acceptors (Lipinski definition) is 3. The Morgan fingerprint density at radius 2 is 2.00 bits per heavy atom. The van der Waals surface area contributed by atoms with Gasteiger partial charge in [-0.2, -0.15) is 18.3 Å². The maximum atomic E-state index is 12.5. The number of halogens is 3. The lowest BCUT2D eigenvalue weighted by Gasteiger charge is -2.07. The largest absolute Gasteiger partial charge is 0.416 e. The third-order valence-corrected chi connectivity index (χ3v) is 3.27. The Hall–Kier alpha value is -1.82. The third kappa shape index (κ3) is 3.82. The molecule has 0 saturated heterocycles. The Balaban J connectivity index is 2.06. The minimum Gasteiger partial charge on any atom is -0.278 e. The van der Waals surface area contributed by atoms with Crippen molar-refractivity contribution in [3.05, 3.63) is 51.7 Å². The molecule has 19 heavy (non-hydrogen) atoms. The van der Waals surface area contributed by atoms with Crippen LogP contribution in [0.1, 0.15) is 15.3 Å². The van der Waals surface area contributed by atoms with Crippen molar-refractivity contribution in [2.24, 2.45) is 5.10 Å². The second-order valence-corrected chi connectivity index (χ2v) is 5.22. The summed E-state index contributed by atoms with van der Waals surface area (Å²) in [5.41, 5.74) is 2.20. The molecular formula is C13H11F3N2S. The van der Waals surface area contributed by atoms with Crippen molar-refractivity contribution >= 4 is 23.2 Å². The fraction of sp³-hybridized carbons (Fsp3) is 0.154. The van der Waals surface area contributed by atoms with Crippen LogP contribution in [0.25, 0.3) is 0 Å². The third-order valence-electron chi connectivity index (χ3n) is 2.34. The molecule has 0 unspecified atom stereocenters. The molecule has 1 aromatic carbocycles. The minimum absolute atomic E-state index is 0.305. The summed E-state index contributed by atoms with van der Waals surface area (Å²) in [7, 11) is 0. The molecule has 0 bridgehead atoms. The van der Waals surface area contributed by atoms with Crippen molar-refractivity contribution in [2.45, 2.75) is 13.1 Å². The van der Waals surface area contributed by atoms with Gasteiger partial charge in [-0.15, -0.1) is 11.3 Å². The van der Waals surface area contributed by atoms with Crippen LogP contribution < -0.4 is 5.43 Å². The molecule has 0 amide bonds. The summed E-state index contributed by atoms with van der Waals surface area (Å²) in [4.78, 5) is 2.09. The zero-order valence-corrected chi connectivity index (χ0v) is 10.8. The molecule has 1 N–H and O–H groups in total. The summed E-state index contributed by atoms with van der Waals surface area (Å²) in [6, 6.07) is 8.78. The van der Waals surface area contributed by atoms with Gasteiger partial charge in [0.05, 0.1) is 17.5 Å². The molecule has 2 nitrogen and oxygen atoms in total. The standard InChI is InChI=1S/C13H11F3N2S/c1-9-5-6-12(19-9)8-17-18-11-4-2-3-10(7-11)13(14,15)16/h2-8,18H,1H3. The van der Waals surface area contributed by atoms with E-state index >= 15 is 0 Å². The van der Waals surface area contributed by atoms with Crippen molar-refractivity contribution in [1.82, 2.24) is 0 Å². The highest BCUT2D eigenvalue weighted by Crippen LogP contribution is 2.30. The number of anilines is 1. The second kappa shape index (κ2) is 5.44. The molecule has 1 aromatic heterocycles. The van der Waals surface area contributed by atoms with E-state index in [9.17, 15) is 13.2 Å². The Morgan fingerprint density at radius 1 is 1.21 bits per heavy atom. The van der Waals surface area contributed by atoms with E-state index in [-0.39, 0.29) is 0 Å². The van der Waals surface area contributed by atoms with Crippen LogP contribution in [0.4, 0.5) is 18.9 Å². The minimum atomic E-state index is -4.34. The Bertz CT molecular complexity index is 588. The summed E-state index contributed by atoms with van der Waals surface area (Å²) < 4.78 is 37.5. The first-order valence-corrected chi connectivity index (χ1v) is 6.29. The van der Waals surface area contributed by atoms with Gasteiger partial charge in [-0.05, 0) is 37.3 Å². The van der Waals surface area contributed by atoms with Crippen molar-refractivity contribution in [3.63, 3.8) is 0 Å². The molecular weight excluding hydrogens is 273 g/mol. The van der Waals surface area contributed by atoms with Crippen molar-refractivity contribution in [1.29, 1.82) is 0 Å². The van der Waals surface area contributed by atoms with E-state index in [2.05, 4.69) is 10.5 Å². The first kappa shape index (κ1) is 13.6. The molecule has 0 aliphatic heterocycles. The summed E-state index contributed by atoms with van der Waals surface area (Å²) in [6.45, 7) is 1.97. The van der Waals surface area contributed by atoms with Gasteiger partial charge in [0.1, 0.15) is 0 Å². The lowest BCUT2D eigenvalue weighted by Crippen LogP contribution is -2.05. The number of alkyl halides is 3. The number of benzene rings is 1. The van der Waals surface area contributed by atoms with Crippen LogP contribution in [0.15, 0.2) is 41.5 Å². The van der Waals surface area contributed by atoms with E-state index in [0.29, 0.717) is 5.69 Å². The first-order chi connectivity index (χ1) is 8.95. The average Bonchev–Trinajstić information content (AvgIpc) is 2.74. The lowest BCUT2D eigenvalue weighted by molar-refractivity contribution is -0.137. The second-order valence-electron chi connectivity index (χ2n) is 3.90. The summed E-state index contributed by atoms with van der Waals surface area (Å²) in [6.07, 6.45) is -2.76. The summed E-state index contributed by atoms with van der Waals surface area (Å²) in [5.74, 6) is 0. The van der Waals surface area contributed by atoms with Crippen molar-refractivity contribution in [3.8, 4) is 0 Å². The van der Waals surface area contributed by atoms with Gasteiger partial charge < -0.3 is 0 Å². The fourth-order valence-corrected chi connectivity index (χ4v) is 2.21. The van der Waals surface area contributed by atoms with Gasteiger partial charge in [-0.1, -0.05) is 6.07 Å². The molecule has 0 radical (unpaired) electrons. The van der Waals surface area contributed by atoms with Crippen LogP contribution >= 0.6 is 11.3 Å². The zero-order valence-electron chi connectivity index (χ0n) is 10.0. The summed E-state index contributed by atoms with van der Waals surface area (Å²) in [5, 5.41) is 3.92. The predicted molar refractivity (Wildman–Crippen MR) is 71.7 cm³/mol. The van der Waals surface area contributed by atoms with E-state index in [1.54, 1.807) is 17.6 Å². The highest BCUT2D eigenvalue weighted by Gasteiger charge is 2.30. The Morgan fingerprint density at radius 3 is 2.63 bits per heavy atom. The Labute approximate surface area is 112 Å². The normalized spacial score (nSPS) is 12.0. The van der Waals surface area contributed by atoms with Crippen LogP contribution in [0.3, 0.4) is 0 Å². The van der Waals surface area contributed by atoms with Crippen molar-refractivity contribution < 1.29 is 13.2 Å². The zero-order chi connectivity index (χ0) is 13.9. The van der Waals surface area contributed by atoms with Crippen LogP contribution in [0.5, 0.6) is 0 Å². The molecule has 1 heterocycles. The number of nitrogens with zero attached hydrogens (tertiary/aromatic N) is 1. The van der Waals surface area contributed by atoms with Gasteiger partial charge in [-0.25, -0.2) is 0 Å². The predicted octanol–water partition coefficient (Wildman–Crippen LogP) is 4.52. The van der Waals surface area contributed by atoms with Crippen LogP contribution in [0.2, 0.25) is 0 Å². The van der Waals surface area contributed by atoms with E-state index in [0.717, 1.165) is 21.9 Å². The van der Waals surface area contributed by atoms with Gasteiger partial charge >= 0.3 is 6.18 Å². The monoisotopic (exact) mass is 284 g/mol. The van der Waals surface area contributed by atoms with Crippen LogP contribution in [-0.4, -0.2) is 6.21 Å². The number of thiophene rings is 1. The number of nitrogens with one attached hydrogen (secondary N) is 1. The van der Waals surface area contributed by atoms with Crippen LogP contribution in [-0.2, 0) is 6.18 Å². The molecule has 2 rings (SSSR count). The first-order valence-electron chi connectivity index (χ1n) is 5.48. The van der Waals surface area contributed by atoms with Gasteiger partial charge in [0.2, 0.25) is 0 Å². The lowest BCUT2D eigenvalue weighted by atomic mass is 10.2. The van der Waals surface area contributed by atoms with Gasteiger partial charge in [0, 0.05) is 9.75 Å². The molecule has 0 fully saturated rings. The van der Waals surface area contributed by atoms with Crippen molar-refractivity contribution in [2.75, 3.05) is 5.43 Å².